The quantitative estimate of drug-likeness (QED) is 0.645. The summed E-state index contributed by atoms with van der Waals surface area (Å²) in [5.74, 6) is 0.364. The first kappa shape index (κ1) is 8.87. The fourth-order valence-electron chi connectivity index (χ4n) is 1.32. The second-order valence-corrected chi connectivity index (χ2v) is 3.19. The van der Waals surface area contributed by atoms with Gasteiger partial charge in [0.1, 0.15) is 5.82 Å². The van der Waals surface area contributed by atoms with Crippen LogP contribution in [0.25, 0.3) is 11.4 Å². The van der Waals surface area contributed by atoms with Gasteiger partial charge in [0.25, 0.3) is 0 Å². The Kier molecular flexibility index (Phi) is 2.04. The molecule has 2 aromatic rings. The average Bonchev–Trinajstić information content (AvgIpc) is 2.57. The summed E-state index contributed by atoms with van der Waals surface area (Å²) < 4.78 is 14.8. The Hall–Kier alpha value is -1.71. The zero-order valence-electron chi connectivity index (χ0n) is 8.03. The van der Waals surface area contributed by atoms with E-state index in [9.17, 15) is 4.39 Å². The minimum atomic E-state index is -0.428. The highest BCUT2D eigenvalue weighted by Gasteiger charge is 2.06. The summed E-state index contributed by atoms with van der Waals surface area (Å²) in [5.41, 5.74) is 1.36. The van der Waals surface area contributed by atoms with Crippen molar-refractivity contribution < 1.29 is 4.39 Å². The van der Waals surface area contributed by atoms with Crippen molar-refractivity contribution in [2.45, 2.75) is 6.92 Å². The van der Waals surface area contributed by atoms with Crippen molar-refractivity contribution in [3.63, 3.8) is 0 Å². The van der Waals surface area contributed by atoms with Gasteiger partial charge < -0.3 is 4.57 Å². The summed E-state index contributed by atoms with van der Waals surface area (Å²) in [7, 11) is 1.89. The number of rotatable bonds is 1. The number of hydrogen-bond donors (Lipinski definition) is 0. The second-order valence-electron chi connectivity index (χ2n) is 3.19. The number of pyridine rings is 1. The van der Waals surface area contributed by atoms with E-state index in [1.807, 2.05) is 17.8 Å². The maximum Gasteiger partial charge on any atom is 0.215 e. The van der Waals surface area contributed by atoms with E-state index in [4.69, 9.17) is 0 Å². The molecule has 0 bridgehead atoms. The van der Waals surface area contributed by atoms with Crippen molar-refractivity contribution in [1.82, 2.24) is 14.5 Å². The predicted octanol–water partition coefficient (Wildman–Crippen LogP) is 1.93. The molecule has 0 saturated heterocycles. The minimum absolute atomic E-state index is 0.428. The third-order valence-electron chi connectivity index (χ3n) is 2.09. The topological polar surface area (TPSA) is 30.7 Å². The molecule has 0 saturated carbocycles. The molecule has 0 aliphatic rings. The van der Waals surface area contributed by atoms with Gasteiger partial charge in [-0.05, 0) is 13.0 Å². The van der Waals surface area contributed by atoms with Gasteiger partial charge in [0.15, 0.2) is 0 Å². The molecule has 0 fully saturated rings. The average molecular weight is 191 g/mol. The number of aryl methyl sites for hydroxylation is 2. The Morgan fingerprint density at radius 3 is 2.71 bits per heavy atom. The Bertz CT molecular complexity index is 462. The highest BCUT2D eigenvalue weighted by Crippen LogP contribution is 2.17. The summed E-state index contributed by atoms with van der Waals surface area (Å²) >= 11 is 0. The summed E-state index contributed by atoms with van der Waals surface area (Å²) in [6.45, 7) is 1.69. The lowest BCUT2D eigenvalue weighted by Crippen LogP contribution is -1.94. The molecule has 0 radical (unpaired) electrons. The summed E-state index contributed by atoms with van der Waals surface area (Å²) in [6, 6.07) is 1.74. The monoisotopic (exact) mass is 191 g/mol. The SMILES string of the molecule is Cc1cc(-c2nccn2C)cnc1F. The van der Waals surface area contributed by atoms with Gasteiger partial charge in [-0.3, -0.25) is 0 Å². The lowest BCUT2D eigenvalue weighted by molar-refractivity contribution is 0.574. The molecule has 0 aromatic carbocycles. The number of imidazole rings is 1. The fourth-order valence-corrected chi connectivity index (χ4v) is 1.32. The van der Waals surface area contributed by atoms with Crippen molar-refractivity contribution in [2.24, 2.45) is 7.05 Å². The molecule has 4 heteroatoms. The van der Waals surface area contributed by atoms with Crippen molar-refractivity contribution in [1.29, 1.82) is 0 Å². The Morgan fingerprint density at radius 1 is 1.36 bits per heavy atom. The number of halogens is 1. The number of nitrogens with zero attached hydrogens (tertiary/aromatic N) is 3. The van der Waals surface area contributed by atoms with E-state index in [1.165, 1.54) is 6.20 Å². The van der Waals surface area contributed by atoms with Crippen LogP contribution in [0.3, 0.4) is 0 Å². The lowest BCUT2D eigenvalue weighted by atomic mass is 10.2. The van der Waals surface area contributed by atoms with Crippen LogP contribution in [0, 0.1) is 12.9 Å². The largest absolute Gasteiger partial charge is 0.334 e. The highest BCUT2D eigenvalue weighted by atomic mass is 19.1. The molecule has 0 amide bonds. The first-order chi connectivity index (χ1) is 6.68. The summed E-state index contributed by atoms with van der Waals surface area (Å²) in [5, 5.41) is 0. The molecule has 2 rings (SSSR count). The van der Waals surface area contributed by atoms with E-state index in [2.05, 4.69) is 9.97 Å². The Balaban J connectivity index is 2.53. The van der Waals surface area contributed by atoms with Gasteiger partial charge in [-0.25, -0.2) is 9.97 Å². The maximum absolute atomic E-state index is 12.9. The van der Waals surface area contributed by atoms with Crippen LogP contribution in [-0.2, 0) is 7.05 Å². The second kappa shape index (κ2) is 3.21. The van der Waals surface area contributed by atoms with Gasteiger partial charge in [0, 0.05) is 36.8 Å². The lowest BCUT2D eigenvalue weighted by Gasteiger charge is -2.02. The standard InChI is InChI=1S/C10H10FN3/c1-7-5-8(6-13-9(7)11)10-12-3-4-14(10)2/h3-6H,1-2H3. The molecular formula is C10H10FN3. The maximum atomic E-state index is 12.9. The molecule has 2 aromatic heterocycles. The highest BCUT2D eigenvalue weighted by molar-refractivity contribution is 5.54. The normalized spacial score (nSPS) is 10.5. The van der Waals surface area contributed by atoms with E-state index in [1.54, 1.807) is 19.2 Å². The van der Waals surface area contributed by atoms with Crippen molar-refractivity contribution in [2.75, 3.05) is 0 Å². The third kappa shape index (κ3) is 1.39. The van der Waals surface area contributed by atoms with Gasteiger partial charge in [-0.15, -0.1) is 0 Å². The molecule has 0 N–H and O–H groups in total. The molecule has 0 atom stereocenters. The molecule has 0 aliphatic heterocycles. The molecule has 14 heavy (non-hydrogen) atoms. The molecular weight excluding hydrogens is 181 g/mol. The van der Waals surface area contributed by atoms with E-state index in [0.717, 1.165) is 11.4 Å². The number of hydrogen-bond acceptors (Lipinski definition) is 2. The zero-order chi connectivity index (χ0) is 10.1. The van der Waals surface area contributed by atoms with Gasteiger partial charge in [0.2, 0.25) is 5.95 Å². The minimum Gasteiger partial charge on any atom is -0.334 e. The summed E-state index contributed by atoms with van der Waals surface area (Å²) in [4.78, 5) is 7.81. The molecule has 2 heterocycles. The summed E-state index contributed by atoms with van der Waals surface area (Å²) in [6.07, 6.45) is 5.03. The van der Waals surface area contributed by atoms with Crippen molar-refractivity contribution in [3.05, 3.63) is 36.2 Å². The van der Waals surface area contributed by atoms with Crippen LogP contribution >= 0.6 is 0 Å². The van der Waals surface area contributed by atoms with E-state index < -0.39 is 5.95 Å². The Labute approximate surface area is 81.2 Å². The van der Waals surface area contributed by atoms with Crippen LogP contribution in [0.15, 0.2) is 24.7 Å². The molecule has 3 nitrogen and oxygen atoms in total. The molecule has 0 aliphatic carbocycles. The predicted molar refractivity (Wildman–Crippen MR) is 51.1 cm³/mol. The molecule has 0 unspecified atom stereocenters. The first-order valence-electron chi connectivity index (χ1n) is 4.28. The fraction of sp³-hybridized carbons (Fsp3) is 0.200. The zero-order valence-corrected chi connectivity index (χ0v) is 8.03. The van der Waals surface area contributed by atoms with Gasteiger partial charge >= 0.3 is 0 Å². The van der Waals surface area contributed by atoms with Crippen LogP contribution in [0.1, 0.15) is 5.56 Å². The van der Waals surface area contributed by atoms with E-state index >= 15 is 0 Å². The van der Waals surface area contributed by atoms with Crippen molar-refractivity contribution >= 4 is 0 Å². The van der Waals surface area contributed by atoms with Crippen LogP contribution in [0.2, 0.25) is 0 Å². The van der Waals surface area contributed by atoms with E-state index in [-0.39, 0.29) is 0 Å². The van der Waals surface area contributed by atoms with Crippen LogP contribution in [-0.4, -0.2) is 14.5 Å². The van der Waals surface area contributed by atoms with Gasteiger partial charge in [0.05, 0.1) is 0 Å². The van der Waals surface area contributed by atoms with Crippen LogP contribution in [0.4, 0.5) is 4.39 Å². The van der Waals surface area contributed by atoms with Gasteiger partial charge in [-0.2, -0.15) is 4.39 Å². The Morgan fingerprint density at radius 2 is 2.14 bits per heavy atom. The first-order valence-corrected chi connectivity index (χ1v) is 4.28. The van der Waals surface area contributed by atoms with E-state index in [0.29, 0.717) is 5.56 Å². The molecule has 72 valence electrons. The van der Waals surface area contributed by atoms with Gasteiger partial charge in [-0.1, -0.05) is 0 Å². The molecule has 0 spiro atoms. The third-order valence-corrected chi connectivity index (χ3v) is 2.09. The van der Waals surface area contributed by atoms with Crippen LogP contribution < -0.4 is 0 Å². The van der Waals surface area contributed by atoms with Crippen molar-refractivity contribution in [3.8, 4) is 11.4 Å². The smallest absolute Gasteiger partial charge is 0.215 e. The van der Waals surface area contributed by atoms with Crippen LogP contribution in [0.5, 0.6) is 0 Å². The number of aromatic nitrogens is 3.